The van der Waals surface area contributed by atoms with Crippen LogP contribution in [0.5, 0.6) is 11.5 Å². The zero-order chi connectivity index (χ0) is 40.8. The molecule has 4 amide bonds. The number of nitrogens with zero attached hydrogens (tertiary/aromatic N) is 8. The highest BCUT2D eigenvalue weighted by molar-refractivity contribution is 6.08. The van der Waals surface area contributed by atoms with Crippen LogP contribution in [0.4, 0.5) is 15.9 Å². The summed E-state index contributed by atoms with van der Waals surface area (Å²) in [7, 11) is 0. The minimum Gasteiger partial charge on any atom is -0.457 e. The number of piperidine rings is 2. The number of rotatable bonds is 11. The van der Waals surface area contributed by atoms with E-state index >= 15 is 4.39 Å². The smallest absolute Gasteiger partial charge is 0.261 e. The number of nitrogens with two attached hydrogens (primary N) is 1. The Labute approximate surface area is 339 Å². The summed E-state index contributed by atoms with van der Waals surface area (Å²) in [6.45, 7) is 5.80. The summed E-state index contributed by atoms with van der Waals surface area (Å²) >= 11 is 0. The number of fused-ring (bicyclic) bond motifs is 1. The molecule has 0 spiro atoms. The van der Waals surface area contributed by atoms with E-state index in [1.165, 1.54) is 6.33 Å². The average Bonchev–Trinajstić information content (AvgIpc) is 3.61. The molecule has 4 saturated heterocycles. The number of alkyl halides is 1. The maximum Gasteiger partial charge on any atom is 0.261 e. The molecule has 9 rings (SSSR count). The first-order chi connectivity index (χ1) is 28.6. The predicted molar refractivity (Wildman–Crippen MR) is 217 cm³/mol. The lowest BCUT2D eigenvalue weighted by Crippen LogP contribution is -2.69. The van der Waals surface area contributed by atoms with Crippen LogP contribution in [0.15, 0.2) is 79.1 Å². The molecule has 0 aliphatic carbocycles. The Hall–Kier alpha value is -6.26. The van der Waals surface area contributed by atoms with Gasteiger partial charge in [0.25, 0.3) is 5.91 Å². The Morgan fingerprint density at radius 2 is 1.71 bits per heavy atom. The lowest BCUT2D eigenvalue weighted by molar-refractivity contribution is -0.139. The van der Waals surface area contributed by atoms with E-state index in [0.29, 0.717) is 36.1 Å². The number of imide groups is 2. The van der Waals surface area contributed by atoms with Crippen LogP contribution in [-0.4, -0.2) is 122 Å². The highest BCUT2D eigenvalue weighted by Crippen LogP contribution is 2.37. The third kappa shape index (κ3) is 7.49. The second kappa shape index (κ2) is 15.5. The predicted octanol–water partition coefficient (Wildman–Crippen LogP) is 4.13. The standard InChI is InChI=1S/C43H45FN10O5/c1-27-7-10-30(19-34(27)42(58)53(26-55)35-13-14-36(56)48-41(35)57)52-23-43(44,24-52)22-50-20-31(21-50)51-17-15-29(16-18-51)54-40-37(39(45)46-25-47-40)38(49-54)28-8-11-33(12-9-28)59-32-5-3-2-4-6-32/h2-12,19,25-26,29,31,35H,13-18,20-24H2,1H3,(H2,45,46,47)(H,48,56,57). The number of hydrogen-bond donors (Lipinski definition) is 2. The van der Waals surface area contributed by atoms with Crippen molar-refractivity contribution in [2.24, 2.45) is 0 Å². The fraction of sp³-hybridized carbons (Fsp3) is 0.372. The molecule has 4 aliphatic heterocycles. The largest absolute Gasteiger partial charge is 0.457 e. The number of carbonyl (C=O) groups excluding carboxylic acids is 4. The second-order valence-electron chi connectivity index (χ2n) is 16.1. The Bertz CT molecular complexity index is 2410. The van der Waals surface area contributed by atoms with Gasteiger partial charge in [0.2, 0.25) is 18.2 Å². The molecule has 0 radical (unpaired) electrons. The number of nitrogen functional groups attached to an aromatic ring is 1. The molecule has 59 heavy (non-hydrogen) atoms. The molecule has 16 heteroatoms. The van der Waals surface area contributed by atoms with Gasteiger partial charge in [-0.1, -0.05) is 24.3 Å². The molecule has 4 fully saturated rings. The van der Waals surface area contributed by atoms with Crippen LogP contribution in [0.2, 0.25) is 0 Å². The van der Waals surface area contributed by atoms with Crippen molar-refractivity contribution in [3.05, 3.63) is 90.3 Å². The van der Waals surface area contributed by atoms with E-state index < -0.39 is 29.4 Å². The van der Waals surface area contributed by atoms with Crippen LogP contribution >= 0.6 is 0 Å². The first-order valence-corrected chi connectivity index (χ1v) is 20.0. The lowest BCUT2D eigenvalue weighted by atomic mass is 9.91. The highest BCUT2D eigenvalue weighted by Gasteiger charge is 2.48. The number of likely N-dealkylation sites (tertiary alicyclic amines) is 2. The van der Waals surface area contributed by atoms with Crippen LogP contribution in [0.1, 0.15) is 47.6 Å². The molecule has 6 heterocycles. The number of benzene rings is 3. The Morgan fingerprint density at radius 1 is 0.983 bits per heavy atom. The fourth-order valence-electron chi connectivity index (χ4n) is 8.86. The number of anilines is 2. The van der Waals surface area contributed by atoms with Crippen molar-refractivity contribution in [2.75, 3.05) is 56.4 Å². The second-order valence-corrected chi connectivity index (χ2v) is 16.1. The van der Waals surface area contributed by atoms with Gasteiger partial charge in [0, 0.05) is 62.0 Å². The lowest BCUT2D eigenvalue weighted by Gasteiger charge is -2.53. The number of amides is 4. The van der Waals surface area contributed by atoms with E-state index in [1.807, 2.05) is 70.2 Å². The van der Waals surface area contributed by atoms with Crippen molar-refractivity contribution in [3.63, 3.8) is 0 Å². The van der Waals surface area contributed by atoms with E-state index in [-0.39, 0.29) is 37.5 Å². The summed E-state index contributed by atoms with van der Waals surface area (Å²) < 4.78 is 24.0. The van der Waals surface area contributed by atoms with Crippen molar-refractivity contribution < 1.29 is 28.3 Å². The van der Waals surface area contributed by atoms with Crippen LogP contribution in [0, 0.1) is 6.92 Å². The fourth-order valence-corrected chi connectivity index (χ4v) is 8.86. The quantitative estimate of drug-likeness (QED) is 0.145. The van der Waals surface area contributed by atoms with E-state index in [4.69, 9.17) is 15.6 Å². The van der Waals surface area contributed by atoms with Crippen molar-refractivity contribution >= 4 is 46.7 Å². The topological polar surface area (TPSA) is 172 Å². The normalized spacial score (nSPS) is 20.2. The summed E-state index contributed by atoms with van der Waals surface area (Å²) in [5, 5.41) is 8.01. The average molecular weight is 801 g/mol. The first-order valence-electron chi connectivity index (χ1n) is 20.0. The van der Waals surface area contributed by atoms with E-state index in [1.54, 1.807) is 19.1 Å². The number of aromatic nitrogens is 4. The van der Waals surface area contributed by atoms with Crippen molar-refractivity contribution in [1.82, 2.24) is 39.8 Å². The maximum absolute atomic E-state index is 16.0. The summed E-state index contributed by atoms with van der Waals surface area (Å²) in [5.41, 5.74) is 8.92. The molecule has 4 aliphatic rings. The summed E-state index contributed by atoms with van der Waals surface area (Å²) in [4.78, 5) is 65.7. The molecule has 1 atom stereocenters. The maximum atomic E-state index is 16.0. The van der Waals surface area contributed by atoms with Crippen molar-refractivity contribution in [3.8, 4) is 22.8 Å². The molecule has 304 valence electrons. The summed E-state index contributed by atoms with van der Waals surface area (Å²) in [5.74, 6) is 0.129. The molecule has 5 aromatic rings. The molecular formula is C43H45FN10O5. The Kier molecular flexibility index (Phi) is 10.0. The Morgan fingerprint density at radius 3 is 2.42 bits per heavy atom. The molecule has 15 nitrogen and oxygen atoms in total. The molecule has 1 unspecified atom stereocenters. The van der Waals surface area contributed by atoms with Crippen LogP contribution in [0.3, 0.4) is 0 Å². The minimum absolute atomic E-state index is 0.0385. The number of halogens is 1. The van der Waals surface area contributed by atoms with Crippen molar-refractivity contribution in [1.29, 1.82) is 0 Å². The number of hydrogen-bond acceptors (Lipinski definition) is 12. The van der Waals surface area contributed by atoms with E-state index in [2.05, 4.69) is 25.1 Å². The molecule has 0 saturated carbocycles. The number of carbonyl (C=O) groups is 4. The van der Waals surface area contributed by atoms with Gasteiger partial charge in [-0.15, -0.1) is 0 Å². The molecular weight excluding hydrogens is 756 g/mol. The number of ether oxygens (including phenoxy) is 1. The van der Waals surface area contributed by atoms with Gasteiger partial charge < -0.3 is 15.4 Å². The molecule has 3 N–H and O–H groups in total. The molecule has 0 bridgehead atoms. The van der Waals surface area contributed by atoms with E-state index in [0.717, 1.165) is 77.7 Å². The SMILES string of the molecule is Cc1ccc(N2CC(F)(CN3CC(N4CCC(n5nc(-c6ccc(Oc7ccccc7)cc6)c6c(N)ncnc65)CC4)C3)C2)cc1C(=O)N(C=O)C1CCC(=O)NC1=O. The summed E-state index contributed by atoms with van der Waals surface area (Å²) in [6, 6.07) is 22.1. The highest BCUT2D eigenvalue weighted by atomic mass is 19.1. The number of nitrogens with one attached hydrogen (secondary N) is 1. The van der Waals surface area contributed by atoms with Gasteiger partial charge in [0.15, 0.2) is 11.3 Å². The van der Waals surface area contributed by atoms with Crippen molar-refractivity contribution in [2.45, 2.75) is 56.4 Å². The third-order valence-corrected chi connectivity index (χ3v) is 12.1. The monoisotopic (exact) mass is 800 g/mol. The van der Waals surface area contributed by atoms with Gasteiger partial charge in [-0.25, -0.2) is 19.0 Å². The molecule has 2 aromatic heterocycles. The molecule has 3 aromatic carbocycles. The van der Waals surface area contributed by atoms with Gasteiger partial charge in [0.1, 0.15) is 35.4 Å². The van der Waals surface area contributed by atoms with Gasteiger partial charge in [-0.05, 0) is 80.3 Å². The van der Waals surface area contributed by atoms with Gasteiger partial charge >= 0.3 is 0 Å². The van der Waals surface area contributed by atoms with Gasteiger partial charge in [-0.2, -0.15) is 5.10 Å². The zero-order valence-electron chi connectivity index (χ0n) is 32.7. The summed E-state index contributed by atoms with van der Waals surface area (Å²) in [6.07, 6.45) is 3.71. The van der Waals surface area contributed by atoms with Crippen LogP contribution < -0.4 is 20.7 Å². The van der Waals surface area contributed by atoms with E-state index in [9.17, 15) is 19.2 Å². The van der Waals surface area contributed by atoms with Crippen LogP contribution in [-0.2, 0) is 14.4 Å². The van der Waals surface area contributed by atoms with Gasteiger partial charge in [0.05, 0.1) is 24.5 Å². The first kappa shape index (κ1) is 38.3. The zero-order valence-corrected chi connectivity index (χ0v) is 32.7. The minimum atomic E-state index is -1.40. The van der Waals surface area contributed by atoms with Crippen LogP contribution in [0.25, 0.3) is 22.3 Å². The Balaban J connectivity index is 0.780. The number of para-hydroxylation sites is 1. The third-order valence-electron chi connectivity index (χ3n) is 12.1. The van der Waals surface area contributed by atoms with Gasteiger partial charge in [-0.3, -0.25) is 39.2 Å². The number of aryl methyl sites for hydroxylation is 1.